The molecule has 0 radical (unpaired) electrons. The van der Waals surface area contributed by atoms with Gasteiger partial charge in [0.15, 0.2) is 0 Å². The Labute approximate surface area is 102 Å². The molecule has 2 aliphatic heterocycles. The van der Waals surface area contributed by atoms with E-state index in [-0.39, 0.29) is 5.91 Å². The van der Waals surface area contributed by atoms with Crippen molar-refractivity contribution in [1.82, 2.24) is 5.32 Å². The van der Waals surface area contributed by atoms with E-state index in [1.54, 1.807) is 0 Å². The zero-order chi connectivity index (χ0) is 11.7. The quantitative estimate of drug-likeness (QED) is 0.841. The molecule has 0 spiro atoms. The van der Waals surface area contributed by atoms with Gasteiger partial charge in [-0.1, -0.05) is 12.1 Å². The van der Waals surface area contributed by atoms with Gasteiger partial charge in [0, 0.05) is 37.7 Å². The van der Waals surface area contributed by atoms with Crippen molar-refractivity contribution in [3.63, 3.8) is 0 Å². The Morgan fingerprint density at radius 1 is 1.12 bits per heavy atom. The summed E-state index contributed by atoms with van der Waals surface area (Å²) in [5, 5.41) is 2.89. The maximum absolute atomic E-state index is 11.2. The first-order chi connectivity index (χ1) is 8.33. The van der Waals surface area contributed by atoms with Crippen molar-refractivity contribution < 1.29 is 4.79 Å². The van der Waals surface area contributed by atoms with Crippen LogP contribution in [-0.4, -0.2) is 25.5 Å². The minimum Gasteiger partial charge on any atom is -0.372 e. The van der Waals surface area contributed by atoms with E-state index in [1.807, 2.05) is 0 Å². The highest BCUT2D eigenvalue weighted by molar-refractivity contribution is 5.79. The molecule has 0 saturated carbocycles. The first-order valence-electron chi connectivity index (χ1n) is 6.44. The lowest BCUT2D eigenvalue weighted by atomic mass is 9.98. The van der Waals surface area contributed by atoms with E-state index in [2.05, 4.69) is 34.5 Å². The monoisotopic (exact) mass is 230 g/mol. The molecule has 3 rings (SSSR count). The molecule has 0 aromatic heterocycles. The molecular formula is C14H18N2O. The summed E-state index contributed by atoms with van der Waals surface area (Å²) in [4.78, 5) is 13.6. The molecule has 2 saturated heterocycles. The third-order valence-corrected chi connectivity index (χ3v) is 3.81. The summed E-state index contributed by atoms with van der Waals surface area (Å²) in [7, 11) is 0. The van der Waals surface area contributed by atoms with E-state index < -0.39 is 0 Å². The molecule has 90 valence electrons. The Kier molecular flexibility index (Phi) is 2.75. The first kappa shape index (κ1) is 10.6. The zero-order valence-corrected chi connectivity index (χ0v) is 9.98. The number of amides is 1. The van der Waals surface area contributed by atoms with Gasteiger partial charge in [-0.2, -0.15) is 0 Å². The van der Waals surface area contributed by atoms with Gasteiger partial charge < -0.3 is 10.2 Å². The van der Waals surface area contributed by atoms with Crippen LogP contribution < -0.4 is 10.2 Å². The first-order valence-corrected chi connectivity index (χ1v) is 6.44. The Hall–Kier alpha value is -1.51. The number of hydrogen-bond donors (Lipinski definition) is 1. The lowest BCUT2D eigenvalue weighted by molar-refractivity contribution is -0.119. The standard InChI is InChI=1S/C14H18N2O/c17-14-9-12(10-15-14)11-3-5-13(6-4-11)16-7-1-2-8-16/h3-6,12H,1-2,7-10H2,(H,15,17). The largest absolute Gasteiger partial charge is 0.372 e. The van der Waals surface area contributed by atoms with Crippen LogP contribution in [0.15, 0.2) is 24.3 Å². The van der Waals surface area contributed by atoms with Crippen LogP contribution in [-0.2, 0) is 4.79 Å². The Morgan fingerprint density at radius 2 is 1.82 bits per heavy atom. The number of rotatable bonds is 2. The summed E-state index contributed by atoms with van der Waals surface area (Å²) < 4.78 is 0. The molecule has 3 nitrogen and oxygen atoms in total. The van der Waals surface area contributed by atoms with Crippen LogP contribution in [0.25, 0.3) is 0 Å². The van der Waals surface area contributed by atoms with Crippen molar-refractivity contribution >= 4 is 11.6 Å². The molecule has 2 aliphatic rings. The predicted molar refractivity (Wildman–Crippen MR) is 68.3 cm³/mol. The lowest BCUT2D eigenvalue weighted by Crippen LogP contribution is -2.17. The lowest BCUT2D eigenvalue weighted by Gasteiger charge is -2.18. The van der Waals surface area contributed by atoms with Crippen LogP contribution in [0.2, 0.25) is 0 Å². The highest BCUT2D eigenvalue weighted by Gasteiger charge is 2.23. The Bertz CT molecular complexity index is 407. The maximum Gasteiger partial charge on any atom is 0.220 e. The van der Waals surface area contributed by atoms with Crippen LogP contribution in [0.3, 0.4) is 0 Å². The number of carbonyl (C=O) groups excluding carboxylic acids is 1. The third-order valence-electron chi connectivity index (χ3n) is 3.81. The normalized spacial score (nSPS) is 24.1. The molecule has 1 amide bonds. The van der Waals surface area contributed by atoms with Crippen molar-refractivity contribution in [1.29, 1.82) is 0 Å². The summed E-state index contributed by atoms with van der Waals surface area (Å²) in [5.41, 5.74) is 2.61. The minimum atomic E-state index is 0.179. The van der Waals surface area contributed by atoms with E-state index in [0.29, 0.717) is 12.3 Å². The second kappa shape index (κ2) is 4.40. The van der Waals surface area contributed by atoms with Crippen molar-refractivity contribution in [2.24, 2.45) is 0 Å². The molecule has 1 aromatic carbocycles. The second-order valence-corrected chi connectivity index (χ2v) is 4.99. The Balaban J connectivity index is 1.73. The van der Waals surface area contributed by atoms with E-state index in [9.17, 15) is 4.79 Å². The van der Waals surface area contributed by atoms with E-state index >= 15 is 0 Å². The number of carbonyl (C=O) groups is 1. The van der Waals surface area contributed by atoms with Crippen LogP contribution in [0.1, 0.15) is 30.7 Å². The molecule has 1 atom stereocenters. The highest BCUT2D eigenvalue weighted by Crippen LogP contribution is 2.26. The summed E-state index contributed by atoms with van der Waals surface area (Å²) in [6, 6.07) is 8.75. The zero-order valence-electron chi connectivity index (χ0n) is 9.98. The molecule has 3 heteroatoms. The fourth-order valence-electron chi connectivity index (χ4n) is 2.77. The number of hydrogen-bond acceptors (Lipinski definition) is 2. The molecule has 2 heterocycles. The van der Waals surface area contributed by atoms with Crippen molar-refractivity contribution in [2.75, 3.05) is 24.5 Å². The van der Waals surface area contributed by atoms with Gasteiger partial charge in [0.25, 0.3) is 0 Å². The number of anilines is 1. The molecule has 1 aromatic rings. The van der Waals surface area contributed by atoms with Crippen molar-refractivity contribution in [2.45, 2.75) is 25.2 Å². The summed E-state index contributed by atoms with van der Waals surface area (Å²) in [5.74, 6) is 0.550. The van der Waals surface area contributed by atoms with Gasteiger partial charge in [0.2, 0.25) is 5.91 Å². The molecule has 2 fully saturated rings. The van der Waals surface area contributed by atoms with E-state index in [4.69, 9.17) is 0 Å². The molecule has 1 unspecified atom stereocenters. The molecule has 0 bridgehead atoms. The summed E-state index contributed by atoms with van der Waals surface area (Å²) in [6.45, 7) is 3.16. The average Bonchev–Trinajstić information content (AvgIpc) is 3.00. The maximum atomic E-state index is 11.2. The van der Waals surface area contributed by atoms with Crippen molar-refractivity contribution in [3.8, 4) is 0 Å². The second-order valence-electron chi connectivity index (χ2n) is 4.99. The van der Waals surface area contributed by atoms with Crippen LogP contribution in [0.4, 0.5) is 5.69 Å². The fourth-order valence-corrected chi connectivity index (χ4v) is 2.77. The fraction of sp³-hybridized carbons (Fsp3) is 0.500. The molecular weight excluding hydrogens is 212 g/mol. The number of benzene rings is 1. The van der Waals surface area contributed by atoms with Gasteiger partial charge >= 0.3 is 0 Å². The van der Waals surface area contributed by atoms with Crippen LogP contribution >= 0.6 is 0 Å². The highest BCUT2D eigenvalue weighted by atomic mass is 16.1. The topological polar surface area (TPSA) is 32.3 Å². The SMILES string of the molecule is O=C1CC(c2ccc(N3CCCC3)cc2)CN1. The van der Waals surface area contributed by atoms with Gasteiger partial charge in [-0.3, -0.25) is 4.79 Å². The smallest absolute Gasteiger partial charge is 0.220 e. The predicted octanol–water partition coefficient (Wildman–Crippen LogP) is 1.89. The van der Waals surface area contributed by atoms with Gasteiger partial charge in [-0.05, 0) is 30.5 Å². The summed E-state index contributed by atoms with van der Waals surface area (Å²) in [6.07, 6.45) is 3.26. The van der Waals surface area contributed by atoms with Crippen LogP contribution in [0, 0.1) is 0 Å². The van der Waals surface area contributed by atoms with E-state index in [1.165, 1.54) is 37.2 Å². The number of nitrogens with zero attached hydrogens (tertiary/aromatic N) is 1. The molecule has 17 heavy (non-hydrogen) atoms. The molecule has 1 N–H and O–H groups in total. The van der Waals surface area contributed by atoms with Gasteiger partial charge in [-0.25, -0.2) is 0 Å². The van der Waals surface area contributed by atoms with Gasteiger partial charge in [0.05, 0.1) is 0 Å². The Morgan fingerprint density at radius 3 is 2.41 bits per heavy atom. The minimum absolute atomic E-state index is 0.179. The summed E-state index contributed by atoms with van der Waals surface area (Å²) >= 11 is 0. The van der Waals surface area contributed by atoms with Gasteiger partial charge in [0.1, 0.15) is 0 Å². The average molecular weight is 230 g/mol. The van der Waals surface area contributed by atoms with Gasteiger partial charge in [-0.15, -0.1) is 0 Å². The van der Waals surface area contributed by atoms with Crippen molar-refractivity contribution in [3.05, 3.63) is 29.8 Å². The van der Waals surface area contributed by atoms with Crippen LogP contribution in [0.5, 0.6) is 0 Å². The molecule has 0 aliphatic carbocycles. The van der Waals surface area contributed by atoms with E-state index in [0.717, 1.165) is 6.54 Å². The number of nitrogens with one attached hydrogen (secondary N) is 1. The third kappa shape index (κ3) is 2.14.